The maximum Gasteiger partial charge on any atom is 0.0822 e. The SMILES string of the molecule is [CH]CCCCCOOC. The zero-order chi connectivity index (χ0) is 6.95. The average Bonchev–Trinajstić information content (AvgIpc) is 1.89. The van der Waals surface area contributed by atoms with Crippen LogP contribution in [0.3, 0.4) is 0 Å². The fourth-order valence-electron chi connectivity index (χ4n) is 0.565. The molecular formula is C7H14O2. The largest absolute Gasteiger partial charge is 0.240 e. The van der Waals surface area contributed by atoms with Gasteiger partial charge in [0, 0.05) is 0 Å². The van der Waals surface area contributed by atoms with Crippen LogP contribution < -0.4 is 0 Å². The molecule has 0 N–H and O–H groups in total. The molecule has 0 aliphatic heterocycles. The standard InChI is InChI=1S/C7H14O2/c1-3-4-5-6-7-9-8-2/h1H,3-7H2,2H3. The Bertz CT molecular complexity index is 40.2. The van der Waals surface area contributed by atoms with Gasteiger partial charge in [-0.3, -0.25) is 0 Å². The Kier molecular flexibility index (Phi) is 7.85. The van der Waals surface area contributed by atoms with Crippen molar-refractivity contribution in [2.24, 2.45) is 0 Å². The van der Waals surface area contributed by atoms with E-state index in [1.165, 1.54) is 7.11 Å². The van der Waals surface area contributed by atoms with E-state index in [1.54, 1.807) is 0 Å². The first-order valence-corrected chi connectivity index (χ1v) is 3.27. The predicted molar refractivity (Wildman–Crippen MR) is 35.7 cm³/mol. The fraction of sp³-hybridized carbons (Fsp3) is 0.857. The zero-order valence-corrected chi connectivity index (χ0v) is 5.93. The van der Waals surface area contributed by atoms with Crippen LogP contribution in [0.15, 0.2) is 0 Å². The van der Waals surface area contributed by atoms with Gasteiger partial charge >= 0.3 is 0 Å². The molecule has 0 bridgehead atoms. The van der Waals surface area contributed by atoms with Gasteiger partial charge in [0.15, 0.2) is 0 Å². The Morgan fingerprint density at radius 2 is 2.00 bits per heavy atom. The van der Waals surface area contributed by atoms with Crippen molar-refractivity contribution in [3.63, 3.8) is 0 Å². The summed E-state index contributed by atoms with van der Waals surface area (Å²) >= 11 is 0. The fourth-order valence-corrected chi connectivity index (χ4v) is 0.565. The Labute approximate surface area is 57.1 Å². The highest BCUT2D eigenvalue weighted by Crippen LogP contribution is 1.97. The predicted octanol–water partition coefficient (Wildman–Crippen LogP) is 1.84. The van der Waals surface area contributed by atoms with E-state index in [9.17, 15) is 0 Å². The van der Waals surface area contributed by atoms with E-state index >= 15 is 0 Å². The highest BCUT2D eigenvalue weighted by Gasteiger charge is 1.86. The molecule has 2 radical (unpaired) electrons. The van der Waals surface area contributed by atoms with Gasteiger partial charge in [-0.05, 0) is 19.8 Å². The average molecular weight is 130 g/mol. The van der Waals surface area contributed by atoms with Crippen molar-refractivity contribution in [3.05, 3.63) is 6.92 Å². The van der Waals surface area contributed by atoms with E-state index in [-0.39, 0.29) is 0 Å². The van der Waals surface area contributed by atoms with E-state index < -0.39 is 0 Å². The lowest BCUT2D eigenvalue weighted by Gasteiger charge is -1.97. The van der Waals surface area contributed by atoms with Crippen molar-refractivity contribution < 1.29 is 9.78 Å². The molecule has 0 aliphatic rings. The van der Waals surface area contributed by atoms with Crippen molar-refractivity contribution in [3.8, 4) is 0 Å². The summed E-state index contributed by atoms with van der Waals surface area (Å²) in [5, 5.41) is 0. The maximum absolute atomic E-state index is 5.27. The minimum Gasteiger partial charge on any atom is -0.240 e. The van der Waals surface area contributed by atoms with Gasteiger partial charge < -0.3 is 0 Å². The quantitative estimate of drug-likeness (QED) is 0.310. The van der Waals surface area contributed by atoms with Crippen LogP contribution in [0.2, 0.25) is 0 Å². The van der Waals surface area contributed by atoms with Crippen molar-refractivity contribution >= 4 is 0 Å². The van der Waals surface area contributed by atoms with Crippen molar-refractivity contribution in [2.45, 2.75) is 25.7 Å². The number of hydrogen-bond acceptors (Lipinski definition) is 2. The minimum absolute atomic E-state index is 0.677. The highest BCUT2D eigenvalue weighted by molar-refractivity contribution is 4.42. The number of hydrogen-bond donors (Lipinski definition) is 0. The second-order valence-corrected chi connectivity index (χ2v) is 1.84. The van der Waals surface area contributed by atoms with E-state index in [2.05, 4.69) is 9.78 Å². The molecule has 0 atom stereocenters. The molecule has 0 saturated heterocycles. The molecule has 0 amide bonds. The molecule has 2 nitrogen and oxygen atoms in total. The van der Waals surface area contributed by atoms with Crippen LogP contribution in [0.25, 0.3) is 0 Å². The van der Waals surface area contributed by atoms with E-state index in [1.807, 2.05) is 0 Å². The second kappa shape index (κ2) is 7.92. The Morgan fingerprint density at radius 3 is 2.56 bits per heavy atom. The smallest absolute Gasteiger partial charge is 0.0822 e. The number of rotatable bonds is 6. The summed E-state index contributed by atoms with van der Waals surface area (Å²) < 4.78 is 0. The molecule has 0 aromatic carbocycles. The van der Waals surface area contributed by atoms with Gasteiger partial charge in [0.2, 0.25) is 0 Å². The number of unbranched alkanes of at least 4 members (excludes halogenated alkanes) is 3. The van der Waals surface area contributed by atoms with Gasteiger partial charge in [-0.15, -0.1) is 0 Å². The summed E-state index contributed by atoms with van der Waals surface area (Å²) in [5.41, 5.74) is 0. The molecule has 0 aliphatic carbocycles. The van der Waals surface area contributed by atoms with Gasteiger partial charge in [-0.1, -0.05) is 12.8 Å². The van der Waals surface area contributed by atoms with Gasteiger partial charge in [-0.2, -0.15) is 0 Å². The molecule has 0 aromatic heterocycles. The topological polar surface area (TPSA) is 18.5 Å². The first-order valence-electron chi connectivity index (χ1n) is 3.27. The highest BCUT2D eigenvalue weighted by atomic mass is 17.2. The van der Waals surface area contributed by atoms with Crippen LogP contribution in [0.1, 0.15) is 25.7 Å². The van der Waals surface area contributed by atoms with Gasteiger partial charge in [-0.25, -0.2) is 9.78 Å². The molecule has 0 unspecified atom stereocenters. The lowest BCUT2D eigenvalue weighted by atomic mass is 10.2. The van der Waals surface area contributed by atoms with E-state index in [0.29, 0.717) is 6.61 Å². The Morgan fingerprint density at radius 1 is 1.22 bits per heavy atom. The van der Waals surface area contributed by atoms with Crippen molar-refractivity contribution in [2.75, 3.05) is 13.7 Å². The van der Waals surface area contributed by atoms with Crippen molar-refractivity contribution in [1.29, 1.82) is 0 Å². The van der Waals surface area contributed by atoms with Gasteiger partial charge in [0.25, 0.3) is 0 Å². The summed E-state index contributed by atoms with van der Waals surface area (Å²) in [7, 11) is 1.52. The lowest BCUT2D eigenvalue weighted by molar-refractivity contribution is -0.272. The normalized spacial score (nSPS) is 10.0. The third kappa shape index (κ3) is 7.92. The molecule has 0 saturated carbocycles. The van der Waals surface area contributed by atoms with Gasteiger partial charge in [0.1, 0.15) is 0 Å². The van der Waals surface area contributed by atoms with Crippen LogP contribution in [0.4, 0.5) is 0 Å². The molecule has 54 valence electrons. The molecular weight excluding hydrogens is 116 g/mol. The summed E-state index contributed by atoms with van der Waals surface area (Å²) in [6.07, 6.45) is 4.00. The van der Waals surface area contributed by atoms with E-state index in [0.717, 1.165) is 25.7 Å². The molecule has 0 rings (SSSR count). The Hall–Kier alpha value is -0.0800. The summed E-state index contributed by atoms with van der Waals surface area (Å²) in [6.45, 7) is 5.95. The first kappa shape index (κ1) is 8.92. The summed E-state index contributed by atoms with van der Waals surface area (Å²) in [5.74, 6) is 0. The maximum atomic E-state index is 5.27. The van der Waals surface area contributed by atoms with Crippen LogP contribution >= 0.6 is 0 Å². The molecule has 2 heteroatoms. The van der Waals surface area contributed by atoms with Crippen LogP contribution in [-0.2, 0) is 9.78 Å². The minimum atomic E-state index is 0.677. The first-order chi connectivity index (χ1) is 4.41. The van der Waals surface area contributed by atoms with Crippen LogP contribution in [-0.4, -0.2) is 13.7 Å². The molecule has 0 heterocycles. The monoisotopic (exact) mass is 130 g/mol. The van der Waals surface area contributed by atoms with Crippen LogP contribution in [0, 0.1) is 6.92 Å². The lowest BCUT2D eigenvalue weighted by Crippen LogP contribution is -1.91. The molecule has 0 spiro atoms. The molecule has 0 aromatic rings. The summed E-state index contributed by atoms with van der Waals surface area (Å²) in [4.78, 5) is 9.03. The molecule has 9 heavy (non-hydrogen) atoms. The second-order valence-electron chi connectivity index (χ2n) is 1.84. The van der Waals surface area contributed by atoms with E-state index in [4.69, 9.17) is 6.92 Å². The van der Waals surface area contributed by atoms with Crippen molar-refractivity contribution in [1.82, 2.24) is 0 Å². The van der Waals surface area contributed by atoms with Gasteiger partial charge in [0.05, 0.1) is 13.7 Å². The zero-order valence-electron chi connectivity index (χ0n) is 5.93. The molecule has 0 fully saturated rings. The summed E-state index contributed by atoms with van der Waals surface area (Å²) in [6, 6.07) is 0. The third-order valence-corrected chi connectivity index (χ3v) is 1.05. The Balaban J connectivity index is 2.60. The van der Waals surface area contributed by atoms with Crippen LogP contribution in [0.5, 0.6) is 0 Å². The third-order valence-electron chi connectivity index (χ3n) is 1.05.